The molecule has 0 aromatic carbocycles. The topological polar surface area (TPSA) is 138 Å². The van der Waals surface area contributed by atoms with Crippen molar-refractivity contribution in [1.29, 1.82) is 0 Å². The maximum atomic E-state index is 11.9. The van der Waals surface area contributed by atoms with Crippen molar-refractivity contribution in [3.63, 3.8) is 0 Å². The predicted molar refractivity (Wildman–Crippen MR) is 108 cm³/mol. The SMILES string of the molecule is Cc1cccc(CNc2nc(NC3CC3)n3ncc(/C=C4\NC(=O)NC4=O)c3n2)n1. The van der Waals surface area contributed by atoms with Crippen LogP contribution in [-0.4, -0.2) is 42.5 Å². The number of anilines is 2. The number of aromatic nitrogens is 5. The van der Waals surface area contributed by atoms with Crippen LogP contribution in [0.4, 0.5) is 16.7 Å². The van der Waals surface area contributed by atoms with Crippen molar-refractivity contribution in [2.75, 3.05) is 10.6 Å². The molecule has 4 N–H and O–H groups in total. The van der Waals surface area contributed by atoms with E-state index in [-0.39, 0.29) is 5.70 Å². The highest BCUT2D eigenvalue weighted by molar-refractivity contribution is 6.14. The lowest BCUT2D eigenvalue weighted by Gasteiger charge is -2.10. The summed E-state index contributed by atoms with van der Waals surface area (Å²) in [5, 5.41) is 15.6. The number of rotatable bonds is 6. The van der Waals surface area contributed by atoms with Gasteiger partial charge in [-0.05, 0) is 38.0 Å². The van der Waals surface area contributed by atoms with Crippen LogP contribution in [0.3, 0.4) is 0 Å². The maximum Gasteiger partial charge on any atom is 0.326 e. The van der Waals surface area contributed by atoms with Gasteiger partial charge in [-0.2, -0.15) is 19.6 Å². The average molecular weight is 405 g/mol. The Kier molecular flexibility index (Phi) is 4.27. The van der Waals surface area contributed by atoms with Crippen molar-refractivity contribution in [2.24, 2.45) is 0 Å². The van der Waals surface area contributed by atoms with Gasteiger partial charge in [0.15, 0.2) is 5.65 Å². The van der Waals surface area contributed by atoms with Gasteiger partial charge in [-0.1, -0.05) is 6.07 Å². The van der Waals surface area contributed by atoms with Crippen LogP contribution in [0.1, 0.15) is 29.8 Å². The van der Waals surface area contributed by atoms with Gasteiger partial charge in [0.05, 0.1) is 18.4 Å². The third-order valence-corrected chi connectivity index (χ3v) is 4.70. The minimum absolute atomic E-state index is 0.142. The Bertz CT molecular complexity index is 1200. The Balaban J connectivity index is 1.50. The monoisotopic (exact) mass is 405 g/mol. The summed E-state index contributed by atoms with van der Waals surface area (Å²) in [6, 6.07) is 5.62. The molecule has 0 atom stereocenters. The standard InChI is InChI=1S/C19H19N9O2/c1-10-3-2-4-13(22-10)9-20-17-25-15-11(7-14-16(29)26-19(30)24-14)8-21-28(15)18(27-17)23-12-5-6-12/h2-4,7-8,12H,5-6,9H2,1H3,(H2,20,23,25,27)(H2,24,26,29,30)/b14-7-. The van der Waals surface area contributed by atoms with E-state index in [1.807, 2.05) is 25.1 Å². The van der Waals surface area contributed by atoms with E-state index in [0.717, 1.165) is 24.2 Å². The van der Waals surface area contributed by atoms with Gasteiger partial charge in [0.25, 0.3) is 5.91 Å². The molecule has 152 valence electrons. The smallest absolute Gasteiger partial charge is 0.326 e. The lowest BCUT2D eigenvalue weighted by molar-refractivity contribution is -0.115. The zero-order valence-electron chi connectivity index (χ0n) is 16.1. The number of carbonyl (C=O) groups excluding carboxylic acids is 2. The maximum absolute atomic E-state index is 11.9. The fraction of sp³-hybridized carbons (Fsp3) is 0.263. The van der Waals surface area contributed by atoms with Gasteiger partial charge in [0, 0.05) is 17.3 Å². The minimum Gasteiger partial charge on any atom is -0.351 e. The molecule has 11 nitrogen and oxygen atoms in total. The summed E-state index contributed by atoms with van der Waals surface area (Å²) in [5.74, 6) is 0.481. The summed E-state index contributed by atoms with van der Waals surface area (Å²) in [6.45, 7) is 2.40. The quantitative estimate of drug-likeness (QED) is 0.354. The third-order valence-electron chi connectivity index (χ3n) is 4.70. The average Bonchev–Trinajstić information content (AvgIpc) is 3.35. The van der Waals surface area contributed by atoms with E-state index in [2.05, 4.69) is 41.3 Å². The zero-order valence-corrected chi connectivity index (χ0v) is 16.1. The van der Waals surface area contributed by atoms with E-state index in [9.17, 15) is 9.59 Å². The van der Waals surface area contributed by atoms with E-state index in [0.29, 0.717) is 35.7 Å². The molecule has 5 rings (SSSR count). The van der Waals surface area contributed by atoms with Gasteiger partial charge >= 0.3 is 6.03 Å². The highest BCUT2D eigenvalue weighted by atomic mass is 16.2. The number of aryl methyl sites for hydroxylation is 1. The summed E-state index contributed by atoms with van der Waals surface area (Å²) >= 11 is 0. The first-order valence-electron chi connectivity index (χ1n) is 9.58. The highest BCUT2D eigenvalue weighted by Gasteiger charge is 2.25. The van der Waals surface area contributed by atoms with Crippen molar-refractivity contribution in [3.8, 4) is 0 Å². The predicted octanol–water partition coefficient (Wildman–Crippen LogP) is 1.19. The molecule has 2 aliphatic rings. The fourth-order valence-electron chi connectivity index (χ4n) is 3.08. The number of nitrogens with zero attached hydrogens (tertiary/aromatic N) is 5. The molecule has 1 saturated carbocycles. The molecule has 0 radical (unpaired) electrons. The van der Waals surface area contributed by atoms with E-state index in [4.69, 9.17) is 0 Å². The molecule has 1 aliphatic heterocycles. The second kappa shape index (κ2) is 7.10. The zero-order chi connectivity index (χ0) is 20.7. The number of nitrogens with one attached hydrogen (secondary N) is 4. The lowest BCUT2D eigenvalue weighted by atomic mass is 10.2. The molecule has 3 aromatic heterocycles. The Labute approximate surface area is 171 Å². The van der Waals surface area contributed by atoms with E-state index >= 15 is 0 Å². The fourth-order valence-corrected chi connectivity index (χ4v) is 3.08. The summed E-state index contributed by atoms with van der Waals surface area (Å²) in [7, 11) is 0. The van der Waals surface area contributed by atoms with Gasteiger partial charge in [-0.25, -0.2) is 4.79 Å². The Morgan fingerprint density at radius 1 is 1.20 bits per heavy atom. The van der Waals surface area contributed by atoms with Crippen molar-refractivity contribution in [3.05, 3.63) is 47.0 Å². The number of carbonyl (C=O) groups is 2. The molecule has 11 heteroatoms. The van der Waals surface area contributed by atoms with E-state index in [1.165, 1.54) is 0 Å². The van der Waals surface area contributed by atoms with Crippen LogP contribution in [-0.2, 0) is 11.3 Å². The van der Waals surface area contributed by atoms with Gasteiger partial charge in [0.1, 0.15) is 5.70 Å². The van der Waals surface area contributed by atoms with Crippen molar-refractivity contribution in [1.82, 2.24) is 35.2 Å². The molecule has 1 saturated heterocycles. The van der Waals surface area contributed by atoms with Gasteiger partial charge in [-0.15, -0.1) is 0 Å². The number of hydrogen-bond acceptors (Lipinski definition) is 8. The number of fused-ring (bicyclic) bond motifs is 1. The van der Waals surface area contributed by atoms with Crippen LogP contribution in [0.2, 0.25) is 0 Å². The van der Waals surface area contributed by atoms with E-state index in [1.54, 1.807) is 16.8 Å². The Morgan fingerprint density at radius 2 is 2.07 bits per heavy atom. The first-order chi connectivity index (χ1) is 14.5. The largest absolute Gasteiger partial charge is 0.351 e. The molecule has 0 unspecified atom stereocenters. The van der Waals surface area contributed by atoms with Gasteiger partial charge in [0.2, 0.25) is 11.9 Å². The van der Waals surface area contributed by atoms with E-state index < -0.39 is 11.9 Å². The van der Waals surface area contributed by atoms with Crippen LogP contribution in [0, 0.1) is 6.92 Å². The number of pyridine rings is 1. The van der Waals surface area contributed by atoms with Crippen LogP contribution in [0.5, 0.6) is 0 Å². The molecule has 3 aromatic rings. The number of hydrogen-bond donors (Lipinski definition) is 4. The molecule has 0 spiro atoms. The van der Waals surface area contributed by atoms with Gasteiger partial charge in [-0.3, -0.25) is 15.1 Å². The van der Waals surface area contributed by atoms with Crippen LogP contribution in [0.25, 0.3) is 11.7 Å². The minimum atomic E-state index is -0.554. The molecule has 3 amide bonds. The number of amides is 3. The van der Waals surface area contributed by atoms with Crippen LogP contribution >= 0.6 is 0 Å². The Morgan fingerprint density at radius 3 is 2.80 bits per heavy atom. The number of imide groups is 1. The highest BCUT2D eigenvalue weighted by Crippen LogP contribution is 2.25. The lowest BCUT2D eigenvalue weighted by Crippen LogP contribution is -2.22. The van der Waals surface area contributed by atoms with Crippen molar-refractivity contribution in [2.45, 2.75) is 32.4 Å². The van der Waals surface area contributed by atoms with Crippen molar-refractivity contribution >= 4 is 35.6 Å². The molecule has 30 heavy (non-hydrogen) atoms. The second-order valence-electron chi connectivity index (χ2n) is 7.21. The molecule has 4 heterocycles. The third kappa shape index (κ3) is 3.64. The summed E-state index contributed by atoms with van der Waals surface area (Å²) in [6.07, 6.45) is 5.28. The molecule has 0 bridgehead atoms. The molecular weight excluding hydrogens is 386 g/mol. The summed E-state index contributed by atoms with van der Waals surface area (Å²) in [5.41, 5.74) is 3.04. The molecular formula is C19H19N9O2. The van der Waals surface area contributed by atoms with Crippen molar-refractivity contribution < 1.29 is 9.59 Å². The molecule has 2 fully saturated rings. The first-order valence-corrected chi connectivity index (χ1v) is 9.58. The molecule has 1 aliphatic carbocycles. The summed E-state index contributed by atoms with van der Waals surface area (Å²) < 4.78 is 1.59. The number of urea groups is 1. The normalized spacial score (nSPS) is 17.3. The summed E-state index contributed by atoms with van der Waals surface area (Å²) in [4.78, 5) is 36.9. The second-order valence-corrected chi connectivity index (χ2v) is 7.21. The van der Waals surface area contributed by atoms with Crippen LogP contribution in [0.15, 0.2) is 30.1 Å². The Hall–Kier alpha value is -4.02. The van der Waals surface area contributed by atoms with Gasteiger partial charge < -0.3 is 16.0 Å². The van der Waals surface area contributed by atoms with Crippen LogP contribution < -0.4 is 21.3 Å². The first kappa shape index (κ1) is 18.0.